The van der Waals surface area contributed by atoms with Crippen molar-refractivity contribution in [3.8, 4) is 16.3 Å². The number of nitrogens with zero attached hydrogens (tertiary/aromatic N) is 1. The van der Waals surface area contributed by atoms with Gasteiger partial charge in [-0.15, -0.1) is 11.3 Å². The number of aromatic nitrogens is 1. The molecular weight excluding hydrogens is 300 g/mol. The first-order chi connectivity index (χ1) is 8.04. The third kappa shape index (κ3) is 2.17. The molecule has 90 valence electrons. The van der Waals surface area contributed by atoms with Gasteiger partial charge in [-0.05, 0) is 53.0 Å². The van der Waals surface area contributed by atoms with Gasteiger partial charge in [0.25, 0.3) is 0 Å². The van der Waals surface area contributed by atoms with Crippen molar-refractivity contribution < 1.29 is 4.74 Å². The molecule has 0 atom stereocenters. The summed E-state index contributed by atoms with van der Waals surface area (Å²) in [7, 11) is 1.68. The Bertz CT molecular complexity index is 546. The van der Waals surface area contributed by atoms with E-state index in [2.05, 4.69) is 27.8 Å². The molecule has 3 nitrogen and oxygen atoms in total. The van der Waals surface area contributed by atoms with Crippen LogP contribution in [0.1, 0.15) is 11.1 Å². The van der Waals surface area contributed by atoms with Crippen molar-refractivity contribution in [2.45, 2.75) is 13.8 Å². The van der Waals surface area contributed by atoms with Crippen LogP contribution in [-0.2, 0) is 0 Å². The molecule has 0 bridgehead atoms. The normalized spacial score (nSPS) is 10.6. The van der Waals surface area contributed by atoms with E-state index < -0.39 is 0 Å². The number of ether oxygens (including phenoxy) is 1. The summed E-state index contributed by atoms with van der Waals surface area (Å²) in [6, 6.07) is 3.98. The van der Waals surface area contributed by atoms with Gasteiger partial charge in [-0.2, -0.15) is 0 Å². The molecule has 0 aliphatic rings. The van der Waals surface area contributed by atoms with Gasteiger partial charge in [0.15, 0.2) is 0 Å². The van der Waals surface area contributed by atoms with Gasteiger partial charge < -0.3 is 10.5 Å². The van der Waals surface area contributed by atoms with Crippen molar-refractivity contribution in [2.24, 2.45) is 0 Å². The monoisotopic (exact) mass is 312 g/mol. The van der Waals surface area contributed by atoms with E-state index in [1.54, 1.807) is 18.4 Å². The molecule has 2 rings (SSSR count). The summed E-state index contributed by atoms with van der Waals surface area (Å²) in [6.45, 7) is 4.11. The molecular formula is C12H13BrN2OS. The molecule has 0 saturated carbocycles. The summed E-state index contributed by atoms with van der Waals surface area (Å²) in [4.78, 5) is 4.35. The lowest BCUT2D eigenvalue weighted by Gasteiger charge is -2.10. The summed E-state index contributed by atoms with van der Waals surface area (Å²) in [5.41, 5.74) is 9.16. The zero-order valence-corrected chi connectivity index (χ0v) is 12.3. The lowest BCUT2D eigenvalue weighted by Crippen LogP contribution is -1.93. The number of nitrogen functional groups attached to an aromatic ring is 1. The highest BCUT2D eigenvalue weighted by molar-refractivity contribution is 9.11. The molecule has 2 aromatic rings. The van der Waals surface area contributed by atoms with Crippen molar-refractivity contribution >= 4 is 33.1 Å². The fraction of sp³-hybridized carbons (Fsp3) is 0.250. The van der Waals surface area contributed by atoms with Crippen LogP contribution in [0.4, 0.5) is 5.82 Å². The quantitative estimate of drug-likeness (QED) is 0.918. The van der Waals surface area contributed by atoms with Crippen molar-refractivity contribution in [1.29, 1.82) is 0 Å². The molecule has 1 heterocycles. The van der Waals surface area contributed by atoms with Crippen molar-refractivity contribution in [3.05, 3.63) is 27.0 Å². The van der Waals surface area contributed by atoms with Crippen LogP contribution in [0.5, 0.6) is 5.75 Å². The Morgan fingerprint density at radius 2 is 2.00 bits per heavy atom. The fourth-order valence-electron chi connectivity index (χ4n) is 1.68. The van der Waals surface area contributed by atoms with Gasteiger partial charge in [-0.3, -0.25) is 0 Å². The predicted octanol–water partition coefficient (Wildman–Crippen LogP) is 3.78. The van der Waals surface area contributed by atoms with Crippen LogP contribution in [0.2, 0.25) is 0 Å². The molecule has 0 aliphatic heterocycles. The Morgan fingerprint density at radius 1 is 1.29 bits per heavy atom. The lowest BCUT2D eigenvalue weighted by molar-refractivity contribution is 0.411. The molecule has 0 aliphatic carbocycles. The van der Waals surface area contributed by atoms with Gasteiger partial charge >= 0.3 is 0 Å². The van der Waals surface area contributed by atoms with Gasteiger partial charge in [0.2, 0.25) is 0 Å². The van der Waals surface area contributed by atoms with Gasteiger partial charge in [0.05, 0.1) is 7.11 Å². The maximum absolute atomic E-state index is 5.75. The second-order valence-corrected chi connectivity index (χ2v) is 6.06. The zero-order valence-electron chi connectivity index (χ0n) is 9.87. The Labute approximate surface area is 113 Å². The van der Waals surface area contributed by atoms with Crippen LogP contribution < -0.4 is 10.5 Å². The predicted molar refractivity (Wildman–Crippen MR) is 75.7 cm³/mol. The summed E-state index contributed by atoms with van der Waals surface area (Å²) >= 11 is 4.93. The number of methoxy groups -OCH3 is 1. The fourth-order valence-corrected chi connectivity index (χ4v) is 3.02. The molecule has 0 saturated heterocycles. The highest BCUT2D eigenvalue weighted by atomic mass is 79.9. The van der Waals surface area contributed by atoms with E-state index >= 15 is 0 Å². The van der Waals surface area contributed by atoms with Crippen LogP contribution in [0.3, 0.4) is 0 Å². The minimum atomic E-state index is 0.540. The van der Waals surface area contributed by atoms with Crippen LogP contribution in [0, 0.1) is 13.8 Å². The van der Waals surface area contributed by atoms with Gasteiger partial charge in [0.1, 0.15) is 20.4 Å². The summed E-state index contributed by atoms with van der Waals surface area (Å²) in [6.07, 6.45) is 0. The summed E-state index contributed by atoms with van der Waals surface area (Å²) in [5.74, 6) is 1.44. The molecule has 0 spiro atoms. The van der Waals surface area contributed by atoms with E-state index in [0.29, 0.717) is 5.82 Å². The maximum atomic E-state index is 5.75. The standard InChI is InChI=1S/C12H13BrN2OS/c1-6-7(2)9(16-3)5-4-8(6)12-15-11(14)10(13)17-12/h4-5H,14H2,1-3H3. The molecule has 1 aromatic carbocycles. The van der Waals surface area contributed by atoms with E-state index in [-0.39, 0.29) is 0 Å². The van der Waals surface area contributed by atoms with Crippen LogP contribution in [0.15, 0.2) is 15.9 Å². The second kappa shape index (κ2) is 4.66. The highest BCUT2D eigenvalue weighted by Crippen LogP contribution is 2.37. The van der Waals surface area contributed by atoms with E-state index in [0.717, 1.165) is 25.7 Å². The highest BCUT2D eigenvalue weighted by Gasteiger charge is 2.13. The van der Waals surface area contributed by atoms with Crippen molar-refractivity contribution in [2.75, 3.05) is 12.8 Å². The van der Waals surface area contributed by atoms with Gasteiger partial charge in [-0.25, -0.2) is 4.98 Å². The third-order valence-corrected chi connectivity index (χ3v) is 4.58. The Balaban J connectivity index is 2.57. The Morgan fingerprint density at radius 3 is 2.53 bits per heavy atom. The van der Waals surface area contributed by atoms with Gasteiger partial charge in [-0.1, -0.05) is 0 Å². The van der Waals surface area contributed by atoms with Crippen LogP contribution >= 0.6 is 27.3 Å². The first kappa shape index (κ1) is 12.4. The van der Waals surface area contributed by atoms with Crippen molar-refractivity contribution in [1.82, 2.24) is 4.98 Å². The summed E-state index contributed by atoms with van der Waals surface area (Å²) in [5, 5.41) is 0.928. The third-order valence-electron chi connectivity index (χ3n) is 2.80. The molecule has 5 heteroatoms. The number of hydrogen-bond donors (Lipinski definition) is 1. The first-order valence-corrected chi connectivity index (χ1v) is 6.72. The van der Waals surface area contributed by atoms with E-state index in [4.69, 9.17) is 10.5 Å². The zero-order chi connectivity index (χ0) is 12.6. The number of rotatable bonds is 2. The summed E-state index contributed by atoms with van der Waals surface area (Å²) < 4.78 is 6.17. The average molecular weight is 313 g/mol. The Kier molecular flexibility index (Phi) is 3.40. The number of halogens is 1. The van der Waals surface area contributed by atoms with E-state index in [1.807, 2.05) is 19.1 Å². The molecule has 2 N–H and O–H groups in total. The Hall–Kier alpha value is -1.07. The molecule has 0 fully saturated rings. The number of nitrogens with two attached hydrogens (primary N) is 1. The van der Waals surface area contributed by atoms with Crippen LogP contribution in [-0.4, -0.2) is 12.1 Å². The number of hydrogen-bond acceptors (Lipinski definition) is 4. The molecule has 0 unspecified atom stereocenters. The second-order valence-electron chi connectivity index (χ2n) is 3.74. The largest absolute Gasteiger partial charge is 0.496 e. The maximum Gasteiger partial charge on any atom is 0.149 e. The molecule has 17 heavy (non-hydrogen) atoms. The first-order valence-electron chi connectivity index (χ1n) is 5.11. The number of anilines is 1. The minimum Gasteiger partial charge on any atom is -0.496 e. The molecule has 0 radical (unpaired) electrons. The average Bonchev–Trinajstić information content (AvgIpc) is 2.63. The SMILES string of the molecule is COc1ccc(-c2nc(N)c(Br)s2)c(C)c1C. The molecule has 1 aromatic heterocycles. The number of thiazole rings is 1. The van der Waals surface area contributed by atoms with E-state index in [9.17, 15) is 0 Å². The van der Waals surface area contributed by atoms with Crippen molar-refractivity contribution in [3.63, 3.8) is 0 Å². The minimum absolute atomic E-state index is 0.540. The lowest BCUT2D eigenvalue weighted by atomic mass is 10.0. The molecule has 0 amide bonds. The topological polar surface area (TPSA) is 48.1 Å². The number of benzene rings is 1. The van der Waals surface area contributed by atoms with Gasteiger partial charge in [0, 0.05) is 5.56 Å². The van der Waals surface area contributed by atoms with E-state index in [1.165, 1.54) is 5.56 Å². The smallest absolute Gasteiger partial charge is 0.149 e. The van der Waals surface area contributed by atoms with Crippen LogP contribution in [0.25, 0.3) is 10.6 Å².